The number of nitrogens with zero attached hydrogens (tertiary/aromatic N) is 3. The summed E-state index contributed by atoms with van der Waals surface area (Å²) in [5.41, 5.74) is 5.04. The lowest BCUT2D eigenvalue weighted by molar-refractivity contribution is -0.127. The first-order chi connectivity index (χ1) is 24.8. The Labute approximate surface area is 307 Å². The molecule has 4 aromatic carbocycles. The predicted octanol–water partition coefficient (Wildman–Crippen LogP) is 9.19. The van der Waals surface area contributed by atoms with Crippen molar-refractivity contribution in [1.29, 1.82) is 0 Å². The molecule has 2 heterocycles. The van der Waals surface area contributed by atoms with Crippen molar-refractivity contribution in [1.82, 2.24) is 14.8 Å². The molecular weight excluding hydrogens is 688 g/mol. The van der Waals surface area contributed by atoms with E-state index in [0.717, 1.165) is 42.7 Å². The zero-order valence-electron chi connectivity index (χ0n) is 28.2. The monoisotopic (exact) mass is 725 g/mol. The van der Waals surface area contributed by atoms with Gasteiger partial charge in [-0.25, -0.2) is 9.37 Å². The maximum atomic E-state index is 13.1. The van der Waals surface area contributed by atoms with E-state index in [1.807, 2.05) is 42.2 Å². The predicted molar refractivity (Wildman–Crippen MR) is 199 cm³/mol. The Morgan fingerprint density at radius 3 is 2.29 bits per heavy atom. The molecule has 0 unspecified atom stereocenters. The lowest BCUT2D eigenvalue weighted by atomic mass is 10.1. The third-order valence-electron chi connectivity index (χ3n) is 8.59. The number of pyridine rings is 1. The van der Waals surface area contributed by atoms with E-state index < -0.39 is 0 Å². The van der Waals surface area contributed by atoms with Gasteiger partial charge >= 0.3 is 0 Å². The number of benzene rings is 4. The fraction of sp³-hybridized carbons (Fsp3) is 0.220. The van der Waals surface area contributed by atoms with Crippen LogP contribution in [-0.2, 0) is 24.4 Å². The van der Waals surface area contributed by atoms with Gasteiger partial charge in [-0.1, -0.05) is 65.7 Å². The van der Waals surface area contributed by atoms with Gasteiger partial charge in [-0.05, 0) is 83.8 Å². The summed E-state index contributed by atoms with van der Waals surface area (Å²) in [7, 11) is 0. The van der Waals surface area contributed by atoms with E-state index in [-0.39, 0.29) is 11.7 Å². The molecule has 7 nitrogen and oxygen atoms in total. The molecule has 1 aliphatic rings. The lowest BCUT2D eigenvalue weighted by Crippen LogP contribution is -2.47. The fourth-order valence-electron chi connectivity index (χ4n) is 5.61. The van der Waals surface area contributed by atoms with Crippen molar-refractivity contribution in [3.05, 3.63) is 153 Å². The third kappa shape index (κ3) is 10.3. The molecule has 51 heavy (non-hydrogen) atoms. The van der Waals surface area contributed by atoms with Crippen molar-refractivity contribution in [3.63, 3.8) is 0 Å². The molecule has 0 spiro atoms. The summed E-state index contributed by atoms with van der Waals surface area (Å²) in [5.74, 6) is 1.79. The van der Waals surface area contributed by atoms with Gasteiger partial charge in [0.25, 0.3) is 0 Å². The highest BCUT2D eigenvalue weighted by Gasteiger charge is 2.20. The van der Waals surface area contributed by atoms with Crippen LogP contribution in [0.15, 0.2) is 109 Å². The smallest absolute Gasteiger partial charge is 0.246 e. The van der Waals surface area contributed by atoms with Crippen LogP contribution in [0.1, 0.15) is 27.8 Å². The van der Waals surface area contributed by atoms with Crippen LogP contribution in [0.5, 0.6) is 23.1 Å². The van der Waals surface area contributed by atoms with E-state index in [1.165, 1.54) is 23.3 Å². The number of hydrogen-bond donors (Lipinski definition) is 0. The van der Waals surface area contributed by atoms with Gasteiger partial charge < -0.3 is 19.1 Å². The Kier molecular flexibility index (Phi) is 12.2. The molecule has 0 radical (unpaired) electrons. The van der Waals surface area contributed by atoms with Crippen LogP contribution in [-0.4, -0.2) is 53.5 Å². The van der Waals surface area contributed by atoms with E-state index in [4.69, 9.17) is 37.4 Å². The molecule has 1 amide bonds. The van der Waals surface area contributed by atoms with Crippen molar-refractivity contribution < 1.29 is 23.4 Å². The largest absolute Gasteiger partial charge is 0.493 e. The number of amides is 1. The summed E-state index contributed by atoms with van der Waals surface area (Å²) in [6.45, 7) is 6.54. The van der Waals surface area contributed by atoms with Crippen molar-refractivity contribution in [2.75, 3.05) is 32.8 Å². The van der Waals surface area contributed by atoms with E-state index in [2.05, 4.69) is 34.1 Å². The minimum absolute atomic E-state index is 0.0289. The topological polar surface area (TPSA) is 64.1 Å². The van der Waals surface area contributed by atoms with E-state index >= 15 is 0 Å². The molecule has 262 valence electrons. The standard InChI is InChI=1S/C41H38Cl2FN3O4/c1-29-24-39(51-40-16-15-36(26-45-40)50-28-33-4-2-3-5-37(33)42)38(43)25-32(29)10-17-41(48)47-21-19-46(20-22-47)27-31-8-6-30(7-9-31)18-23-49-35-13-11-34(44)12-14-35/h2-17,24-26H,18-23,27-28H2,1H3/b17-10+. The Hall–Kier alpha value is -4.89. The van der Waals surface area contributed by atoms with Crippen molar-refractivity contribution >= 4 is 35.2 Å². The van der Waals surface area contributed by atoms with Gasteiger partial charge in [-0.3, -0.25) is 9.69 Å². The van der Waals surface area contributed by atoms with Gasteiger partial charge in [0.1, 0.15) is 29.7 Å². The minimum atomic E-state index is -0.274. The number of aromatic nitrogens is 1. The second-order valence-corrected chi connectivity index (χ2v) is 13.1. The second kappa shape index (κ2) is 17.4. The number of aryl methyl sites for hydroxylation is 1. The first-order valence-corrected chi connectivity index (χ1v) is 17.5. The Balaban J connectivity index is 0.936. The normalized spacial score (nSPS) is 13.4. The zero-order valence-corrected chi connectivity index (χ0v) is 29.7. The van der Waals surface area contributed by atoms with Crippen LogP contribution >= 0.6 is 23.2 Å². The summed E-state index contributed by atoms with van der Waals surface area (Å²) in [4.78, 5) is 21.6. The minimum Gasteiger partial charge on any atom is -0.493 e. The van der Waals surface area contributed by atoms with Crippen LogP contribution in [0.4, 0.5) is 4.39 Å². The molecule has 1 fully saturated rings. The number of rotatable bonds is 13. The highest BCUT2D eigenvalue weighted by Crippen LogP contribution is 2.32. The average molecular weight is 727 g/mol. The van der Waals surface area contributed by atoms with Crippen LogP contribution in [0, 0.1) is 12.7 Å². The van der Waals surface area contributed by atoms with Gasteiger partial charge in [0.15, 0.2) is 0 Å². The highest BCUT2D eigenvalue weighted by molar-refractivity contribution is 6.32. The fourth-order valence-corrected chi connectivity index (χ4v) is 6.01. The first-order valence-electron chi connectivity index (χ1n) is 16.7. The van der Waals surface area contributed by atoms with Crippen molar-refractivity contribution in [2.45, 2.75) is 26.5 Å². The number of ether oxygens (including phenoxy) is 3. The number of hydrogen-bond acceptors (Lipinski definition) is 6. The van der Waals surface area contributed by atoms with E-state index in [0.29, 0.717) is 59.5 Å². The van der Waals surface area contributed by atoms with Gasteiger partial charge in [0, 0.05) is 61.9 Å². The quantitative estimate of drug-likeness (QED) is 0.113. The van der Waals surface area contributed by atoms with Crippen LogP contribution in [0.2, 0.25) is 10.0 Å². The molecule has 6 rings (SSSR count). The molecule has 0 bridgehead atoms. The number of carbonyl (C=O) groups excluding carboxylic acids is 1. The molecule has 0 N–H and O–H groups in total. The molecule has 0 aliphatic carbocycles. The summed E-state index contributed by atoms with van der Waals surface area (Å²) in [6.07, 6.45) is 5.76. The molecule has 1 aliphatic heterocycles. The van der Waals surface area contributed by atoms with Crippen LogP contribution < -0.4 is 14.2 Å². The molecule has 0 atom stereocenters. The number of carbonyl (C=O) groups is 1. The SMILES string of the molecule is Cc1cc(Oc2ccc(OCc3ccccc3Cl)cn2)c(Cl)cc1/C=C/C(=O)N1CCN(Cc2ccc(CCOc3ccc(F)cc3)cc2)CC1. The third-order valence-corrected chi connectivity index (χ3v) is 9.25. The zero-order chi connectivity index (χ0) is 35.6. The molecule has 0 saturated carbocycles. The van der Waals surface area contributed by atoms with Gasteiger partial charge in [0.2, 0.25) is 11.8 Å². The molecular formula is C41H38Cl2FN3O4. The summed E-state index contributed by atoms with van der Waals surface area (Å²) in [6, 6.07) is 29.2. The average Bonchev–Trinajstić information content (AvgIpc) is 3.14. The summed E-state index contributed by atoms with van der Waals surface area (Å²) >= 11 is 12.8. The first kappa shape index (κ1) is 35.9. The van der Waals surface area contributed by atoms with Crippen LogP contribution in [0.25, 0.3) is 6.08 Å². The van der Waals surface area contributed by atoms with Gasteiger partial charge in [0.05, 0.1) is 17.8 Å². The number of halogens is 3. The van der Waals surface area contributed by atoms with Gasteiger partial charge in [-0.15, -0.1) is 0 Å². The second-order valence-electron chi connectivity index (χ2n) is 12.3. The van der Waals surface area contributed by atoms with Gasteiger partial charge in [-0.2, -0.15) is 0 Å². The Morgan fingerprint density at radius 1 is 0.843 bits per heavy atom. The Morgan fingerprint density at radius 2 is 1.57 bits per heavy atom. The summed E-state index contributed by atoms with van der Waals surface area (Å²) < 4.78 is 30.5. The molecule has 1 saturated heterocycles. The maximum Gasteiger partial charge on any atom is 0.246 e. The van der Waals surface area contributed by atoms with E-state index in [9.17, 15) is 9.18 Å². The Bertz CT molecular complexity index is 1950. The molecule has 1 aromatic heterocycles. The lowest BCUT2D eigenvalue weighted by Gasteiger charge is -2.34. The van der Waals surface area contributed by atoms with Crippen LogP contribution in [0.3, 0.4) is 0 Å². The van der Waals surface area contributed by atoms with Crippen molar-refractivity contribution in [3.8, 4) is 23.1 Å². The number of piperazine rings is 1. The maximum absolute atomic E-state index is 13.1. The molecule has 5 aromatic rings. The molecule has 10 heteroatoms. The summed E-state index contributed by atoms with van der Waals surface area (Å²) in [5, 5.41) is 1.06. The highest BCUT2D eigenvalue weighted by atomic mass is 35.5. The van der Waals surface area contributed by atoms with E-state index in [1.54, 1.807) is 48.7 Å². The van der Waals surface area contributed by atoms with Crippen molar-refractivity contribution in [2.24, 2.45) is 0 Å².